The van der Waals surface area contributed by atoms with Gasteiger partial charge in [-0.25, -0.2) is 4.98 Å². The fraction of sp³-hybridized carbons (Fsp3) is 0.200. The van der Waals surface area contributed by atoms with Crippen molar-refractivity contribution >= 4 is 22.2 Å². The van der Waals surface area contributed by atoms with Crippen molar-refractivity contribution < 1.29 is 4.79 Å². The minimum atomic E-state index is 0.565. The van der Waals surface area contributed by atoms with Crippen LogP contribution in [0.15, 0.2) is 10.9 Å². The Morgan fingerprint density at radius 2 is 2.56 bits per heavy atom. The third-order valence-corrected chi connectivity index (χ3v) is 1.66. The van der Waals surface area contributed by atoms with Crippen molar-refractivity contribution in [3.63, 3.8) is 0 Å². The summed E-state index contributed by atoms with van der Waals surface area (Å²) in [6.45, 7) is 0. The molecule has 0 aromatic carbocycles. The van der Waals surface area contributed by atoms with Gasteiger partial charge in [0, 0.05) is 7.05 Å². The number of aromatic nitrogens is 2. The first-order chi connectivity index (χ1) is 4.25. The molecule has 1 aromatic rings. The number of rotatable bonds is 1. The summed E-state index contributed by atoms with van der Waals surface area (Å²) < 4.78 is 2.25. The summed E-state index contributed by atoms with van der Waals surface area (Å²) in [7, 11) is 1.77. The molecule has 0 aliphatic heterocycles. The molecule has 0 saturated carbocycles. The lowest BCUT2D eigenvalue weighted by molar-refractivity contribution is 0.111. The maximum absolute atomic E-state index is 10.2. The number of nitrogens with zero attached hydrogens (tertiary/aromatic N) is 2. The highest BCUT2D eigenvalue weighted by atomic mass is 79.9. The Kier molecular flexibility index (Phi) is 1.66. The zero-order valence-electron chi connectivity index (χ0n) is 4.84. The topological polar surface area (TPSA) is 34.9 Å². The minimum Gasteiger partial charge on any atom is -0.331 e. The zero-order chi connectivity index (χ0) is 6.85. The van der Waals surface area contributed by atoms with Gasteiger partial charge in [-0.1, -0.05) is 0 Å². The van der Waals surface area contributed by atoms with Crippen molar-refractivity contribution in [2.75, 3.05) is 0 Å². The summed E-state index contributed by atoms with van der Waals surface area (Å²) in [4.78, 5) is 14.1. The number of carbonyl (C=O) groups is 1. The lowest BCUT2D eigenvalue weighted by Gasteiger charge is -1.88. The van der Waals surface area contributed by atoms with E-state index in [4.69, 9.17) is 0 Å². The van der Waals surface area contributed by atoms with Crippen LogP contribution in [-0.4, -0.2) is 15.8 Å². The molecule has 0 amide bonds. The predicted octanol–water partition coefficient (Wildman–Crippen LogP) is 0.995. The van der Waals surface area contributed by atoms with E-state index < -0.39 is 0 Å². The van der Waals surface area contributed by atoms with E-state index in [2.05, 4.69) is 20.9 Å². The van der Waals surface area contributed by atoms with Gasteiger partial charge in [-0.15, -0.1) is 0 Å². The van der Waals surface area contributed by atoms with Crippen molar-refractivity contribution in [1.82, 2.24) is 9.55 Å². The third kappa shape index (κ3) is 1.03. The smallest absolute Gasteiger partial charge is 0.169 e. The molecule has 48 valence electrons. The molecule has 0 atom stereocenters. The van der Waals surface area contributed by atoms with E-state index in [1.165, 1.54) is 0 Å². The predicted molar refractivity (Wildman–Crippen MR) is 36.3 cm³/mol. The van der Waals surface area contributed by atoms with Crippen LogP contribution in [0.4, 0.5) is 0 Å². The van der Waals surface area contributed by atoms with Crippen LogP contribution >= 0.6 is 15.9 Å². The maximum Gasteiger partial charge on any atom is 0.169 e. The largest absolute Gasteiger partial charge is 0.331 e. The Balaban J connectivity index is 3.22. The second-order valence-corrected chi connectivity index (χ2v) is 2.40. The van der Waals surface area contributed by atoms with Gasteiger partial charge in [0.25, 0.3) is 0 Å². The normalized spacial score (nSPS) is 9.56. The third-order valence-electron chi connectivity index (χ3n) is 1.05. The lowest BCUT2D eigenvalue weighted by Crippen LogP contribution is -1.91. The minimum absolute atomic E-state index is 0.565. The van der Waals surface area contributed by atoms with Crippen molar-refractivity contribution in [3.8, 4) is 0 Å². The Labute approximate surface area is 60.8 Å². The second kappa shape index (κ2) is 2.31. The molecule has 0 unspecified atom stereocenters. The zero-order valence-corrected chi connectivity index (χ0v) is 6.42. The summed E-state index contributed by atoms with van der Waals surface area (Å²) in [6, 6.07) is 0. The molecular formula is C5H5BrN2O. The van der Waals surface area contributed by atoms with E-state index >= 15 is 0 Å². The van der Waals surface area contributed by atoms with Gasteiger partial charge in [0.2, 0.25) is 0 Å². The Bertz CT molecular complexity index is 211. The summed E-state index contributed by atoms with van der Waals surface area (Å²) in [6.07, 6.45) is 2.34. The van der Waals surface area contributed by atoms with Crippen LogP contribution in [0.2, 0.25) is 0 Å². The Hall–Kier alpha value is -0.640. The van der Waals surface area contributed by atoms with Crippen LogP contribution in [-0.2, 0) is 7.05 Å². The summed E-state index contributed by atoms with van der Waals surface area (Å²) in [5.74, 6) is 0. The number of imidazole rings is 1. The van der Waals surface area contributed by atoms with Crippen LogP contribution in [0.3, 0.4) is 0 Å². The Morgan fingerprint density at radius 1 is 1.89 bits per heavy atom. The van der Waals surface area contributed by atoms with E-state index in [1.807, 2.05) is 0 Å². The monoisotopic (exact) mass is 188 g/mol. The van der Waals surface area contributed by atoms with E-state index in [9.17, 15) is 4.79 Å². The van der Waals surface area contributed by atoms with Crippen molar-refractivity contribution in [2.45, 2.75) is 0 Å². The fourth-order valence-corrected chi connectivity index (χ4v) is 1.01. The molecule has 0 aliphatic carbocycles. The number of aldehydes is 1. The van der Waals surface area contributed by atoms with Gasteiger partial charge in [0.1, 0.15) is 10.3 Å². The van der Waals surface area contributed by atoms with E-state index in [0.717, 1.165) is 6.29 Å². The van der Waals surface area contributed by atoms with Crippen LogP contribution in [0, 0.1) is 0 Å². The lowest BCUT2D eigenvalue weighted by atomic mass is 10.5. The average molecular weight is 189 g/mol. The van der Waals surface area contributed by atoms with Crippen LogP contribution in [0.5, 0.6) is 0 Å². The van der Waals surface area contributed by atoms with Crippen molar-refractivity contribution in [1.29, 1.82) is 0 Å². The van der Waals surface area contributed by atoms with Crippen LogP contribution < -0.4 is 0 Å². The van der Waals surface area contributed by atoms with E-state index in [-0.39, 0.29) is 0 Å². The molecule has 0 spiro atoms. The summed E-state index contributed by atoms with van der Waals surface area (Å²) in [5.41, 5.74) is 0.565. The van der Waals surface area contributed by atoms with Gasteiger partial charge in [0.05, 0.1) is 6.33 Å². The molecule has 1 aromatic heterocycles. The van der Waals surface area contributed by atoms with Crippen molar-refractivity contribution in [2.24, 2.45) is 7.05 Å². The van der Waals surface area contributed by atoms with Gasteiger partial charge in [-0.2, -0.15) is 0 Å². The first-order valence-electron chi connectivity index (χ1n) is 2.37. The molecule has 0 aliphatic rings. The number of carbonyl (C=O) groups excluding carboxylic acids is 1. The average Bonchev–Trinajstić information content (AvgIpc) is 2.12. The quantitative estimate of drug-likeness (QED) is 0.617. The highest BCUT2D eigenvalue weighted by molar-refractivity contribution is 9.10. The highest BCUT2D eigenvalue weighted by Gasteiger charge is 2.01. The summed E-state index contributed by atoms with van der Waals surface area (Å²) >= 11 is 3.11. The molecule has 4 heteroatoms. The second-order valence-electron chi connectivity index (χ2n) is 1.65. The summed E-state index contributed by atoms with van der Waals surface area (Å²) in [5, 5.41) is 0. The van der Waals surface area contributed by atoms with Gasteiger partial charge in [0.15, 0.2) is 6.29 Å². The SMILES string of the molecule is Cn1cnc(Br)c1C=O. The standard InChI is InChI=1S/C5H5BrN2O/c1-8-3-7-5(6)4(8)2-9/h2-3H,1H3. The van der Waals surface area contributed by atoms with Gasteiger partial charge < -0.3 is 4.57 Å². The highest BCUT2D eigenvalue weighted by Crippen LogP contribution is 2.09. The number of halogens is 1. The molecular weight excluding hydrogens is 184 g/mol. The van der Waals surface area contributed by atoms with Gasteiger partial charge >= 0.3 is 0 Å². The van der Waals surface area contributed by atoms with Crippen LogP contribution in [0.1, 0.15) is 10.5 Å². The fourth-order valence-electron chi connectivity index (χ4n) is 0.543. The maximum atomic E-state index is 10.2. The molecule has 3 nitrogen and oxygen atoms in total. The molecule has 1 rings (SSSR count). The van der Waals surface area contributed by atoms with E-state index in [0.29, 0.717) is 10.3 Å². The molecule has 0 N–H and O–H groups in total. The van der Waals surface area contributed by atoms with Gasteiger partial charge in [-0.05, 0) is 15.9 Å². The molecule has 0 bridgehead atoms. The number of aryl methyl sites for hydroxylation is 1. The van der Waals surface area contributed by atoms with Gasteiger partial charge in [-0.3, -0.25) is 4.79 Å². The van der Waals surface area contributed by atoms with Crippen LogP contribution in [0.25, 0.3) is 0 Å². The molecule has 0 radical (unpaired) electrons. The molecule has 9 heavy (non-hydrogen) atoms. The number of hydrogen-bond donors (Lipinski definition) is 0. The molecule has 1 heterocycles. The first kappa shape index (κ1) is 6.48. The Morgan fingerprint density at radius 3 is 2.78 bits per heavy atom. The van der Waals surface area contributed by atoms with E-state index in [1.54, 1.807) is 17.9 Å². The number of hydrogen-bond acceptors (Lipinski definition) is 2. The molecule has 0 fully saturated rings. The van der Waals surface area contributed by atoms with Crippen molar-refractivity contribution in [3.05, 3.63) is 16.6 Å². The molecule has 0 saturated heterocycles. The first-order valence-corrected chi connectivity index (χ1v) is 3.17.